The summed E-state index contributed by atoms with van der Waals surface area (Å²) in [6, 6.07) is 5.95. The molecule has 0 saturated heterocycles. The van der Waals surface area contributed by atoms with Gasteiger partial charge in [-0.05, 0) is 31.4 Å². The Morgan fingerprint density at radius 2 is 2.29 bits per heavy atom. The van der Waals surface area contributed by atoms with Crippen LogP contribution in [0.4, 0.5) is 0 Å². The maximum Gasteiger partial charge on any atom is 0.190 e. The Bertz CT molecular complexity index is 922. The van der Waals surface area contributed by atoms with Gasteiger partial charge in [0, 0.05) is 29.3 Å². The summed E-state index contributed by atoms with van der Waals surface area (Å²) in [5.41, 5.74) is 1.09. The predicted molar refractivity (Wildman–Crippen MR) is 94.7 cm³/mol. The number of carbonyl (C=O) groups excluding carboxylic acids is 1. The second-order valence-electron chi connectivity index (χ2n) is 5.78. The SMILES string of the molecule is C=CC(CC1=NC=CCC1)C(=O)c1cc(=O)c2cccc(O)c2[nH]1. The number of ketones is 1. The quantitative estimate of drug-likeness (QED) is 0.654. The molecule has 0 amide bonds. The van der Waals surface area contributed by atoms with E-state index in [4.69, 9.17) is 0 Å². The van der Waals surface area contributed by atoms with Crippen LogP contribution in [0.25, 0.3) is 10.9 Å². The van der Waals surface area contributed by atoms with E-state index in [1.54, 1.807) is 24.4 Å². The van der Waals surface area contributed by atoms with Gasteiger partial charge in [0.05, 0.1) is 11.2 Å². The number of phenols is 1. The molecule has 2 heterocycles. The van der Waals surface area contributed by atoms with Gasteiger partial charge in [-0.1, -0.05) is 18.2 Å². The zero-order chi connectivity index (χ0) is 17.1. The summed E-state index contributed by atoms with van der Waals surface area (Å²) in [4.78, 5) is 32.2. The highest BCUT2D eigenvalue weighted by Gasteiger charge is 2.21. The average Bonchev–Trinajstić information content (AvgIpc) is 2.60. The summed E-state index contributed by atoms with van der Waals surface area (Å²) in [7, 11) is 0. The Labute approximate surface area is 139 Å². The van der Waals surface area contributed by atoms with Gasteiger partial charge in [0.25, 0.3) is 0 Å². The van der Waals surface area contributed by atoms with E-state index in [-0.39, 0.29) is 28.2 Å². The lowest BCUT2D eigenvalue weighted by Crippen LogP contribution is -2.20. The molecule has 1 atom stereocenters. The fourth-order valence-corrected chi connectivity index (χ4v) is 2.83. The first kappa shape index (κ1) is 15.9. The zero-order valence-corrected chi connectivity index (χ0v) is 13.2. The summed E-state index contributed by atoms with van der Waals surface area (Å²) in [6.07, 6.45) is 7.53. The van der Waals surface area contributed by atoms with Gasteiger partial charge < -0.3 is 10.1 Å². The number of aromatic amines is 1. The number of rotatable bonds is 5. The Morgan fingerprint density at radius 1 is 1.46 bits per heavy atom. The molecular weight excluding hydrogens is 304 g/mol. The maximum atomic E-state index is 12.8. The minimum atomic E-state index is -0.464. The number of phenolic OH excluding ortho intramolecular Hbond substituents is 1. The Hall–Kier alpha value is -2.95. The number of nitrogens with zero attached hydrogens (tertiary/aromatic N) is 1. The summed E-state index contributed by atoms with van der Waals surface area (Å²) in [5.74, 6) is -0.755. The van der Waals surface area contributed by atoms with Gasteiger partial charge in [0.2, 0.25) is 0 Å². The first-order chi connectivity index (χ1) is 11.6. The van der Waals surface area contributed by atoms with Crippen LogP contribution in [-0.2, 0) is 0 Å². The number of nitrogens with one attached hydrogen (secondary N) is 1. The van der Waals surface area contributed by atoms with Gasteiger partial charge in [-0.15, -0.1) is 6.58 Å². The number of hydrogen-bond acceptors (Lipinski definition) is 4. The van der Waals surface area contributed by atoms with Gasteiger partial charge in [0.1, 0.15) is 5.75 Å². The van der Waals surface area contributed by atoms with Gasteiger partial charge in [-0.3, -0.25) is 14.6 Å². The fraction of sp³-hybridized carbons (Fsp3) is 0.211. The first-order valence-electron chi connectivity index (χ1n) is 7.82. The van der Waals surface area contributed by atoms with E-state index in [1.165, 1.54) is 12.1 Å². The molecule has 1 aromatic heterocycles. The van der Waals surface area contributed by atoms with Crippen molar-refractivity contribution in [2.45, 2.75) is 19.3 Å². The van der Waals surface area contributed by atoms with Crippen molar-refractivity contribution in [1.29, 1.82) is 0 Å². The lowest BCUT2D eigenvalue weighted by molar-refractivity contribution is 0.0943. The van der Waals surface area contributed by atoms with Crippen LogP contribution < -0.4 is 5.43 Å². The van der Waals surface area contributed by atoms with Crippen LogP contribution in [0.3, 0.4) is 0 Å². The topological polar surface area (TPSA) is 82.5 Å². The van der Waals surface area contributed by atoms with Gasteiger partial charge in [0.15, 0.2) is 11.2 Å². The summed E-state index contributed by atoms with van der Waals surface area (Å²) < 4.78 is 0. The van der Waals surface area contributed by atoms with Crippen LogP contribution in [0.15, 0.2) is 59.0 Å². The van der Waals surface area contributed by atoms with Crippen molar-refractivity contribution in [2.24, 2.45) is 10.9 Å². The molecule has 2 aromatic rings. The second kappa shape index (κ2) is 6.66. The van der Waals surface area contributed by atoms with E-state index in [2.05, 4.69) is 16.6 Å². The van der Waals surface area contributed by atoms with Crippen LogP contribution in [0, 0.1) is 5.92 Å². The monoisotopic (exact) mass is 322 g/mol. The number of allylic oxidation sites excluding steroid dienone is 2. The van der Waals surface area contributed by atoms with Crippen LogP contribution >= 0.6 is 0 Å². The molecule has 24 heavy (non-hydrogen) atoms. The van der Waals surface area contributed by atoms with E-state index < -0.39 is 5.92 Å². The Kier molecular flexibility index (Phi) is 4.42. The fourth-order valence-electron chi connectivity index (χ4n) is 2.83. The minimum Gasteiger partial charge on any atom is -0.506 e. The average molecular weight is 322 g/mol. The molecule has 2 N–H and O–H groups in total. The number of fused-ring (bicyclic) bond motifs is 1. The summed E-state index contributed by atoms with van der Waals surface area (Å²) in [5, 5.41) is 10.3. The lowest BCUT2D eigenvalue weighted by Gasteiger charge is -2.14. The van der Waals surface area contributed by atoms with Crippen molar-refractivity contribution in [3.05, 3.63) is 65.1 Å². The zero-order valence-electron chi connectivity index (χ0n) is 13.2. The van der Waals surface area contributed by atoms with Gasteiger partial charge in [-0.25, -0.2) is 0 Å². The highest BCUT2D eigenvalue weighted by Crippen LogP contribution is 2.22. The van der Waals surface area contributed by atoms with Crippen LogP contribution in [-0.4, -0.2) is 21.6 Å². The second-order valence-corrected chi connectivity index (χ2v) is 5.78. The highest BCUT2D eigenvalue weighted by molar-refractivity contribution is 6.02. The molecule has 0 aliphatic carbocycles. The number of H-pyrrole nitrogens is 1. The number of aliphatic imine (C=N–C) groups is 1. The minimum absolute atomic E-state index is 0.0591. The molecule has 5 heteroatoms. The predicted octanol–water partition coefficient (Wildman–Crippen LogP) is 3.36. The highest BCUT2D eigenvalue weighted by atomic mass is 16.3. The molecule has 5 nitrogen and oxygen atoms in total. The third kappa shape index (κ3) is 3.06. The van der Waals surface area contributed by atoms with E-state index in [9.17, 15) is 14.7 Å². The molecule has 122 valence electrons. The standard InChI is InChI=1S/C19H18N2O3/c1-2-12(10-13-6-3-4-9-20-13)19(24)15-11-17(23)14-7-5-8-16(22)18(14)21-15/h2,4-5,7-9,11-12,22H,1,3,6,10H2,(H,21,23). The number of carbonyl (C=O) groups is 1. The molecule has 0 spiro atoms. The van der Waals surface area contributed by atoms with E-state index in [1.807, 2.05) is 6.08 Å². The molecule has 0 bridgehead atoms. The van der Waals surface area contributed by atoms with Crippen molar-refractivity contribution in [2.75, 3.05) is 0 Å². The van der Waals surface area contributed by atoms with Crippen LogP contribution in [0.2, 0.25) is 0 Å². The third-order valence-electron chi connectivity index (χ3n) is 4.15. The van der Waals surface area contributed by atoms with Crippen LogP contribution in [0.1, 0.15) is 29.8 Å². The number of Topliss-reactive ketones (excluding diaryl/α,β-unsaturated/α-hetero) is 1. The van der Waals surface area contributed by atoms with Crippen molar-refractivity contribution in [1.82, 2.24) is 4.98 Å². The first-order valence-corrected chi connectivity index (χ1v) is 7.82. The van der Waals surface area contributed by atoms with Gasteiger partial charge in [-0.2, -0.15) is 0 Å². The van der Waals surface area contributed by atoms with E-state index in [0.717, 1.165) is 18.6 Å². The lowest BCUT2D eigenvalue weighted by atomic mass is 9.92. The van der Waals surface area contributed by atoms with Crippen molar-refractivity contribution >= 4 is 22.4 Å². The van der Waals surface area contributed by atoms with Crippen LogP contribution in [0.5, 0.6) is 5.75 Å². The largest absolute Gasteiger partial charge is 0.506 e. The normalized spacial score (nSPS) is 15.1. The maximum absolute atomic E-state index is 12.8. The number of aromatic hydroxyl groups is 1. The summed E-state index contributed by atoms with van der Waals surface area (Å²) in [6.45, 7) is 3.74. The molecule has 3 rings (SSSR count). The number of pyridine rings is 1. The van der Waals surface area contributed by atoms with E-state index >= 15 is 0 Å². The molecule has 1 aliphatic heterocycles. The smallest absolute Gasteiger partial charge is 0.190 e. The number of benzene rings is 1. The molecule has 1 aliphatic rings. The number of aromatic nitrogens is 1. The molecular formula is C19H18N2O3. The number of para-hydroxylation sites is 1. The molecule has 0 fully saturated rings. The van der Waals surface area contributed by atoms with Crippen molar-refractivity contribution < 1.29 is 9.90 Å². The Balaban J connectivity index is 1.96. The third-order valence-corrected chi connectivity index (χ3v) is 4.15. The van der Waals surface area contributed by atoms with Crippen molar-refractivity contribution in [3.8, 4) is 5.75 Å². The number of hydrogen-bond donors (Lipinski definition) is 2. The summed E-state index contributed by atoms with van der Waals surface area (Å²) >= 11 is 0. The molecule has 1 unspecified atom stereocenters. The molecule has 1 aromatic carbocycles. The Morgan fingerprint density at radius 3 is 3.00 bits per heavy atom. The van der Waals surface area contributed by atoms with E-state index in [0.29, 0.717) is 11.8 Å². The van der Waals surface area contributed by atoms with Crippen molar-refractivity contribution in [3.63, 3.8) is 0 Å². The molecule has 0 saturated carbocycles. The van der Waals surface area contributed by atoms with Gasteiger partial charge >= 0.3 is 0 Å². The molecule has 0 radical (unpaired) electrons.